The fourth-order valence-corrected chi connectivity index (χ4v) is 3.45. The third kappa shape index (κ3) is 1.41. The van der Waals surface area contributed by atoms with Crippen molar-refractivity contribution in [1.29, 1.82) is 0 Å². The van der Waals surface area contributed by atoms with Gasteiger partial charge in [-0.05, 0) is 24.6 Å². The highest BCUT2D eigenvalue weighted by Gasteiger charge is 2.60. The van der Waals surface area contributed by atoms with E-state index in [0.717, 1.165) is 5.56 Å². The van der Waals surface area contributed by atoms with Crippen molar-refractivity contribution in [3.8, 4) is 0 Å². The van der Waals surface area contributed by atoms with Crippen LogP contribution in [0.5, 0.6) is 0 Å². The Kier molecular flexibility index (Phi) is 2.38. The van der Waals surface area contributed by atoms with Crippen molar-refractivity contribution in [1.82, 2.24) is 0 Å². The molecule has 0 N–H and O–H groups in total. The zero-order valence-corrected chi connectivity index (χ0v) is 11.5. The Labute approximate surface area is 121 Å². The molecule has 20 heavy (non-hydrogen) atoms. The second-order valence-electron chi connectivity index (χ2n) is 5.45. The maximum atomic E-state index is 12.5. The van der Waals surface area contributed by atoms with E-state index >= 15 is 0 Å². The number of amides is 2. The van der Waals surface area contributed by atoms with Crippen LogP contribution < -0.4 is 4.90 Å². The molecule has 0 aromatic heterocycles. The summed E-state index contributed by atoms with van der Waals surface area (Å²) in [6, 6.07) is 5.24. The van der Waals surface area contributed by atoms with E-state index in [0.29, 0.717) is 10.7 Å². The number of fused-ring (bicyclic) bond motifs is 5. The van der Waals surface area contributed by atoms with Gasteiger partial charge in [0, 0.05) is 5.02 Å². The highest BCUT2D eigenvalue weighted by Crippen LogP contribution is 2.46. The minimum Gasteiger partial charge on any atom is -0.365 e. The molecular formula is C15H12ClNO3. The van der Waals surface area contributed by atoms with Gasteiger partial charge in [-0.25, -0.2) is 4.90 Å². The molecular weight excluding hydrogens is 278 g/mol. The molecule has 3 heterocycles. The molecule has 1 aromatic carbocycles. The summed E-state index contributed by atoms with van der Waals surface area (Å²) in [5, 5.41) is 0.553. The fourth-order valence-electron chi connectivity index (χ4n) is 3.28. The molecule has 4 atom stereocenters. The summed E-state index contributed by atoms with van der Waals surface area (Å²) in [5.74, 6) is -1.12. The highest BCUT2D eigenvalue weighted by atomic mass is 35.5. The molecule has 0 spiro atoms. The van der Waals surface area contributed by atoms with Gasteiger partial charge in [0.25, 0.3) is 0 Å². The molecule has 1 aromatic rings. The Morgan fingerprint density at radius 3 is 2.25 bits per heavy atom. The number of carbonyl (C=O) groups excluding carboxylic acids is 2. The average Bonchev–Trinajstić information content (AvgIpc) is 3.08. The topological polar surface area (TPSA) is 46.6 Å². The van der Waals surface area contributed by atoms with Gasteiger partial charge in [-0.15, -0.1) is 0 Å². The summed E-state index contributed by atoms with van der Waals surface area (Å²) in [6.45, 7) is 1.88. The van der Waals surface area contributed by atoms with Crippen LogP contribution in [0.1, 0.15) is 5.56 Å². The minimum absolute atomic E-state index is 0.184. The Bertz CT molecular complexity index is 639. The van der Waals surface area contributed by atoms with Crippen LogP contribution in [0.15, 0.2) is 30.4 Å². The third-order valence-corrected chi connectivity index (χ3v) is 4.73. The van der Waals surface area contributed by atoms with Gasteiger partial charge in [-0.3, -0.25) is 9.59 Å². The van der Waals surface area contributed by atoms with Gasteiger partial charge in [-0.2, -0.15) is 0 Å². The molecule has 3 aliphatic rings. The van der Waals surface area contributed by atoms with E-state index in [1.54, 1.807) is 12.1 Å². The second-order valence-corrected chi connectivity index (χ2v) is 5.85. The van der Waals surface area contributed by atoms with E-state index < -0.39 is 0 Å². The molecule has 0 aliphatic carbocycles. The number of hydrogen-bond donors (Lipinski definition) is 0. The molecule has 102 valence electrons. The van der Waals surface area contributed by atoms with E-state index in [-0.39, 0.29) is 35.9 Å². The van der Waals surface area contributed by atoms with Gasteiger partial charge >= 0.3 is 0 Å². The summed E-state index contributed by atoms with van der Waals surface area (Å²) in [6.07, 6.45) is 3.24. The Hall–Kier alpha value is -1.65. The largest absolute Gasteiger partial charge is 0.365 e. The quantitative estimate of drug-likeness (QED) is 0.587. The molecule has 0 unspecified atom stereocenters. The summed E-state index contributed by atoms with van der Waals surface area (Å²) < 4.78 is 5.60. The first-order valence-electron chi connectivity index (χ1n) is 6.55. The van der Waals surface area contributed by atoms with Crippen molar-refractivity contribution < 1.29 is 14.3 Å². The SMILES string of the molecule is Cc1ccc(N2C(=O)[C@@H]3[C@H](C2=O)[C@H]2C=C[C@@H]3O2)cc1Cl. The number of benzene rings is 1. The van der Waals surface area contributed by atoms with E-state index in [1.165, 1.54) is 4.90 Å². The van der Waals surface area contributed by atoms with Gasteiger partial charge < -0.3 is 4.74 Å². The summed E-state index contributed by atoms with van der Waals surface area (Å²) in [5.41, 5.74) is 1.46. The molecule has 2 fully saturated rings. The first-order valence-corrected chi connectivity index (χ1v) is 6.93. The molecule has 4 nitrogen and oxygen atoms in total. The van der Waals surface area contributed by atoms with Crippen LogP contribution in [0, 0.1) is 18.8 Å². The molecule has 2 amide bonds. The lowest BCUT2D eigenvalue weighted by Gasteiger charge is -2.18. The predicted molar refractivity (Wildman–Crippen MR) is 73.5 cm³/mol. The third-order valence-electron chi connectivity index (χ3n) is 4.32. The zero-order valence-electron chi connectivity index (χ0n) is 10.7. The fraction of sp³-hybridized carbons (Fsp3) is 0.333. The van der Waals surface area contributed by atoms with E-state index in [9.17, 15) is 9.59 Å². The van der Waals surface area contributed by atoms with Crippen molar-refractivity contribution in [3.63, 3.8) is 0 Å². The first-order chi connectivity index (χ1) is 9.58. The number of aryl methyl sites for hydroxylation is 1. The number of nitrogens with zero attached hydrogens (tertiary/aromatic N) is 1. The number of imide groups is 1. The summed E-state index contributed by atoms with van der Waals surface area (Å²) in [7, 11) is 0. The molecule has 0 radical (unpaired) electrons. The standard InChI is InChI=1S/C15H12ClNO3/c1-7-2-3-8(6-9(7)16)17-14(18)12-10-4-5-11(20-10)13(12)15(17)19/h2-6,10-13H,1H3/t10-,11+,12-,13+. The molecule has 2 saturated heterocycles. The number of rotatable bonds is 1. The van der Waals surface area contributed by atoms with Crippen LogP contribution >= 0.6 is 11.6 Å². The van der Waals surface area contributed by atoms with E-state index in [2.05, 4.69) is 0 Å². The molecule has 2 bridgehead atoms. The van der Waals surface area contributed by atoms with Crippen LogP contribution in [0.25, 0.3) is 0 Å². The maximum absolute atomic E-state index is 12.5. The van der Waals surface area contributed by atoms with Crippen LogP contribution in [-0.2, 0) is 14.3 Å². The molecule has 3 aliphatic heterocycles. The van der Waals surface area contributed by atoms with Crippen molar-refractivity contribution >= 4 is 29.1 Å². The van der Waals surface area contributed by atoms with Gasteiger partial charge in [0.05, 0.1) is 29.7 Å². The first kappa shape index (κ1) is 12.1. The normalized spacial score (nSPS) is 34.2. The number of ether oxygens (including phenoxy) is 1. The Balaban J connectivity index is 1.76. The minimum atomic E-state index is -0.377. The van der Waals surface area contributed by atoms with Gasteiger partial charge in [0.1, 0.15) is 0 Å². The van der Waals surface area contributed by atoms with Gasteiger partial charge in [-0.1, -0.05) is 29.8 Å². The average molecular weight is 290 g/mol. The Morgan fingerprint density at radius 1 is 1.10 bits per heavy atom. The maximum Gasteiger partial charge on any atom is 0.240 e. The lowest BCUT2D eigenvalue weighted by atomic mass is 9.85. The summed E-state index contributed by atoms with van der Waals surface area (Å²) in [4.78, 5) is 26.3. The van der Waals surface area contributed by atoms with Crippen LogP contribution in [0.2, 0.25) is 5.02 Å². The smallest absolute Gasteiger partial charge is 0.240 e. The monoisotopic (exact) mass is 289 g/mol. The lowest BCUT2D eigenvalue weighted by molar-refractivity contribution is -0.124. The molecule has 0 saturated carbocycles. The van der Waals surface area contributed by atoms with Crippen molar-refractivity contribution in [2.24, 2.45) is 11.8 Å². The van der Waals surface area contributed by atoms with Gasteiger partial charge in [0.15, 0.2) is 0 Å². The number of hydrogen-bond acceptors (Lipinski definition) is 3. The lowest BCUT2D eigenvalue weighted by Crippen LogP contribution is -2.34. The second kappa shape index (κ2) is 3.93. The number of carbonyl (C=O) groups is 2. The number of anilines is 1. The summed E-state index contributed by atoms with van der Waals surface area (Å²) >= 11 is 6.09. The zero-order chi connectivity index (χ0) is 14.0. The van der Waals surface area contributed by atoms with Crippen molar-refractivity contribution in [3.05, 3.63) is 40.9 Å². The van der Waals surface area contributed by atoms with Crippen molar-refractivity contribution in [2.75, 3.05) is 4.90 Å². The predicted octanol–water partition coefficient (Wildman–Crippen LogP) is 2.09. The highest BCUT2D eigenvalue weighted by molar-refractivity contribution is 6.32. The number of halogens is 1. The van der Waals surface area contributed by atoms with E-state index in [1.807, 2.05) is 25.1 Å². The van der Waals surface area contributed by atoms with Crippen LogP contribution in [0.4, 0.5) is 5.69 Å². The van der Waals surface area contributed by atoms with Crippen LogP contribution in [-0.4, -0.2) is 24.0 Å². The molecule has 4 rings (SSSR count). The van der Waals surface area contributed by atoms with Crippen molar-refractivity contribution in [2.45, 2.75) is 19.1 Å². The Morgan fingerprint density at radius 2 is 1.70 bits per heavy atom. The van der Waals surface area contributed by atoms with E-state index in [4.69, 9.17) is 16.3 Å². The van der Waals surface area contributed by atoms with Gasteiger partial charge in [0.2, 0.25) is 11.8 Å². The van der Waals surface area contributed by atoms with Crippen LogP contribution in [0.3, 0.4) is 0 Å². The molecule has 5 heteroatoms.